The molecule has 2 aliphatic rings. The first-order valence-electron chi connectivity index (χ1n) is 8.37. The number of rotatable bonds is 3. The summed E-state index contributed by atoms with van der Waals surface area (Å²) in [4.78, 5) is 29.4. The maximum atomic E-state index is 12.8. The molecule has 2 atom stereocenters. The van der Waals surface area contributed by atoms with Gasteiger partial charge < -0.3 is 4.90 Å². The second-order valence-electron chi connectivity index (χ2n) is 6.54. The lowest BCUT2D eigenvalue weighted by atomic mass is 9.87. The second-order valence-corrected chi connectivity index (χ2v) is 7.45. The normalized spacial score (nSPS) is 25.6. The van der Waals surface area contributed by atoms with E-state index in [-0.39, 0.29) is 23.8 Å². The van der Waals surface area contributed by atoms with E-state index < -0.39 is 0 Å². The minimum absolute atomic E-state index is 0.0676. The first-order valence-corrected chi connectivity index (χ1v) is 9.17. The summed E-state index contributed by atoms with van der Waals surface area (Å²) in [5.41, 5.74) is 0.634. The molecule has 0 N–H and O–H groups in total. The summed E-state index contributed by atoms with van der Waals surface area (Å²) in [5, 5.41) is 0. The molecule has 0 spiro atoms. The molecule has 4 nitrogen and oxygen atoms in total. The lowest BCUT2D eigenvalue weighted by Crippen LogP contribution is -2.57. The maximum Gasteiger partial charge on any atom is 0.254 e. The number of carbonyl (C=O) groups excluding carboxylic acids is 2. The van der Waals surface area contributed by atoms with Gasteiger partial charge in [0.2, 0.25) is 0 Å². The van der Waals surface area contributed by atoms with Crippen molar-refractivity contribution in [1.82, 2.24) is 9.80 Å². The van der Waals surface area contributed by atoms with Crippen molar-refractivity contribution in [3.8, 4) is 0 Å². The quantitative estimate of drug-likeness (QED) is 0.811. The van der Waals surface area contributed by atoms with Crippen LogP contribution in [0.4, 0.5) is 0 Å². The summed E-state index contributed by atoms with van der Waals surface area (Å²) in [5.74, 6) is 0.142. The van der Waals surface area contributed by atoms with Crippen molar-refractivity contribution in [3.05, 3.63) is 34.3 Å². The van der Waals surface area contributed by atoms with Crippen LogP contribution in [0.1, 0.15) is 42.5 Å². The fraction of sp³-hybridized carbons (Fsp3) is 0.556. The summed E-state index contributed by atoms with van der Waals surface area (Å²) >= 11 is 3.39. The van der Waals surface area contributed by atoms with Gasteiger partial charge in [-0.25, -0.2) is 0 Å². The van der Waals surface area contributed by atoms with Gasteiger partial charge in [0.25, 0.3) is 5.91 Å². The molecule has 0 radical (unpaired) electrons. The standard InChI is InChI=1S/C18H23BrN2O2/c1-20(18(23)13-7-9-14(19)10-8-13)17-15(5-4-6-16(17)22)21-11-2-3-12-21/h7-10,15,17H,2-6,11-12H2,1H3. The van der Waals surface area contributed by atoms with E-state index in [0.717, 1.165) is 30.4 Å². The summed E-state index contributed by atoms with van der Waals surface area (Å²) in [7, 11) is 1.78. The fourth-order valence-corrected chi connectivity index (χ4v) is 4.12. The topological polar surface area (TPSA) is 40.6 Å². The molecule has 1 saturated heterocycles. The average molecular weight is 379 g/mol. The summed E-state index contributed by atoms with van der Waals surface area (Å²) in [6.45, 7) is 2.10. The van der Waals surface area contributed by atoms with Crippen molar-refractivity contribution < 1.29 is 9.59 Å². The summed E-state index contributed by atoms with van der Waals surface area (Å²) in [6.07, 6.45) is 4.93. The Balaban J connectivity index is 1.81. The van der Waals surface area contributed by atoms with E-state index in [4.69, 9.17) is 0 Å². The van der Waals surface area contributed by atoms with Crippen LogP contribution >= 0.6 is 15.9 Å². The van der Waals surface area contributed by atoms with Gasteiger partial charge in [-0.2, -0.15) is 0 Å². The van der Waals surface area contributed by atoms with E-state index >= 15 is 0 Å². The molecule has 2 fully saturated rings. The predicted molar refractivity (Wildman–Crippen MR) is 93.5 cm³/mol. The van der Waals surface area contributed by atoms with Gasteiger partial charge in [-0.15, -0.1) is 0 Å². The lowest BCUT2D eigenvalue weighted by molar-refractivity contribution is -0.127. The van der Waals surface area contributed by atoms with Crippen LogP contribution in [-0.4, -0.2) is 53.7 Å². The zero-order valence-corrected chi connectivity index (χ0v) is 15.1. The molecule has 23 heavy (non-hydrogen) atoms. The summed E-state index contributed by atoms with van der Waals surface area (Å²) < 4.78 is 0.945. The van der Waals surface area contributed by atoms with Crippen LogP contribution in [0.25, 0.3) is 0 Å². The maximum absolute atomic E-state index is 12.8. The number of hydrogen-bond donors (Lipinski definition) is 0. The Morgan fingerprint density at radius 1 is 1.17 bits per heavy atom. The van der Waals surface area contributed by atoms with E-state index in [9.17, 15) is 9.59 Å². The number of Topliss-reactive ketones (excluding diaryl/α,β-unsaturated/α-hetero) is 1. The van der Waals surface area contributed by atoms with Gasteiger partial charge in [-0.3, -0.25) is 14.5 Å². The number of hydrogen-bond acceptors (Lipinski definition) is 3. The fourth-order valence-electron chi connectivity index (χ4n) is 3.86. The van der Waals surface area contributed by atoms with Gasteiger partial charge in [-0.05, 0) is 63.0 Å². The van der Waals surface area contributed by atoms with Crippen molar-refractivity contribution in [2.75, 3.05) is 20.1 Å². The highest BCUT2D eigenvalue weighted by Gasteiger charge is 2.40. The van der Waals surface area contributed by atoms with E-state index in [1.54, 1.807) is 24.1 Å². The zero-order valence-electron chi connectivity index (χ0n) is 13.5. The highest BCUT2D eigenvalue weighted by Crippen LogP contribution is 2.28. The van der Waals surface area contributed by atoms with Gasteiger partial charge in [-0.1, -0.05) is 15.9 Å². The molecular weight excluding hydrogens is 356 g/mol. The van der Waals surface area contributed by atoms with E-state index in [2.05, 4.69) is 20.8 Å². The SMILES string of the molecule is CN(C(=O)c1ccc(Br)cc1)C1C(=O)CCCC1N1CCCC1. The molecule has 1 heterocycles. The molecule has 1 aliphatic heterocycles. The zero-order chi connectivity index (χ0) is 16.4. The number of halogens is 1. The Kier molecular flexibility index (Phi) is 5.17. The van der Waals surface area contributed by atoms with Gasteiger partial charge in [0.15, 0.2) is 5.78 Å². The van der Waals surface area contributed by atoms with Gasteiger partial charge in [0, 0.05) is 29.5 Å². The van der Waals surface area contributed by atoms with E-state index in [1.807, 2.05) is 12.1 Å². The number of benzene rings is 1. The van der Waals surface area contributed by atoms with E-state index in [0.29, 0.717) is 12.0 Å². The van der Waals surface area contributed by atoms with Crippen molar-refractivity contribution in [3.63, 3.8) is 0 Å². The Hall–Kier alpha value is -1.20. The summed E-state index contributed by atoms with van der Waals surface area (Å²) in [6, 6.07) is 7.21. The van der Waals surface area contributed by atoms with Crippen LogP contribution < -0.4 is 0 Å². The third-order valence-electron chi connectivity index (χ3n) is 5.06. The minimum Gasteiger partial charge on any atom is -0.330 e. The Labute approximate surface area is 146 Å². The number of nitrogens with zero attached hydrogens (tertiary/aromatic N) is 2. The number of ketones is 1. The first-order chi connectivity index (χ1) is 11.1. The monoisotopic (exact) mass is 378 g/mol. The number of likely N-dealkylation sites (tertiary alicyclic amines) is 1. The van der Waals surface area contributed by atoms with Gasteiger partial charge in [0.05, 0.1) is 0 Å². The van der Waals surface area contributed by atoms with Gasteiger partial charge >= 0.3 is 0 Å². The number of carbonyl (C=O) groups is 2. The Morgan fingerprint density at radius 3 is 2.48 bits per heavy atom. The molecule has 124 valence electrons. The van der Waals surface area contributed by atoms with Crippen LogP contribution in [0, 0.1) is 0 Å². The predicted octanol–water partition coefficient (Wildman–Crippen LogP) is 3.11. The van der Waals surface area contributed by atoms with Crippen LogP contribution in [0.3, 0.4) is 0 Å². The first kappa shape index (κ1) is 16.7. The smallest absolute Gasteiger partial charge is 0.254 e. The second kappa shape index (κ2) is 7.14. The third kappa shape index (κ3) is 3.50. The Bertz CT molecular complexity index is 581. The van der Waals surface area contributed by atoms with Crippen LogP contribution in [0.15, 0.2) is 28.7 Å². The van der Waals surface area contributed by atoms with Crippen molar-refractivity contribution in [1.29, 1.82) is 0 Å². The molecule has 0 aromatic heterocycles. The molecule has 0 bridgehead atoms. The number of likely N-dealkylation sites (N-methyl/N-ethyl adjacent to an activating group) is 1. The molecule has 1 aromatic carbocycles. The van der Waals surface area contributed by atoms with Gasteiger partial charge in [0.1, 0.15) is 6.04 Å². The molecule has 3 rings (SSSR count). The number of amides is 1. The van der Waals surface area contributed by atoms with Crippen LogP contribution in [0.5, 0.6) is 0 Å². The molecule has 5 heteroatoms. The molecular formula is C18H23BrN2O2. The van der Waals surface area contributed by atoms with Crippen LogP contribution in [0.2, 0.25) is 0 Å². The molecule has 2 unspecified atom stereocenters. The van der Waals surface area contributed by atoms with Crippen molar-refractivity contribution >= 4 is 27.6 Å². The van der Waals surface area contributed by atoms with Crippen molar-refractivity contribution in [2.45, 2.75) is 44.2 Å². The minimum atomic E-state index is -0.307. The molecule has 1 aromatic rings. The van der Waals surface area contributed by atoms with E-state index in [1.165, 1.54) is 12.8 Å². The third-order valence-corrected chi connectivity index (χ3v) is 5.58. The molecule has 1 saturated carbocycles. The van der Waals surface area contributed by atoms with Crippen molar-refractivity contribution in [2.24, 2.45) is 0 Å². The highest BCUT2D eigenvalue weighted by atomic mass is 79.9. The lowest BCUT2D eigenvalue weighted by Gasteiger charge is -2.41. The highest BCUT2D eigenvalue weighted by molar-refractivity contribution is 9.10. The largest absolute Gasteiger partial charge is 0.330 e. The Morgan fingerprint density at radius 2 is 1.83 bits per heavy atom. The average Bonchev–Trinajstić information content (AvgIpc) is 3.08. The molecule has 1 amide bonds. The molecule has 1 aliphatic carbocycles. The van der Waals surface area contributed by atoms with Crippen LogP contribution in [-0.2, 0) is 4.79 Å².